The quantitative estimate of drug-likeness (QED) is 0.914. The Morgan fingerprint density at radius 3 is 2.68 bits per heavy atom. The van der Waals surface area contributed by atoms with Gasteiger partial charge in [0.2, 0.25) is 0 Å². The summed E-state index contributed by atoms with van der Waals surface area (Å²) in [6.45, 7) is 0. The molecule has 0 fully saturated rings. The average Bonchev–Trinajstić information content (AvgIpc) is 3.05. The Labute approximate surface area is 113 Å². The molecule has 1 N–H and O–H groups in total. The molecule has 1 amide bonds. The lowest BCUT2D eigenvalue weighted by atomic mass is 10.1. The van der Waals surface area contributed by atoms with Crippen LogP contribution in [0.1, 0.15) is 15.2 Å². The summed E-state index contributed by atoms with van der Waals surface area (Å²) in [7, 11) is 0. The molecule has 2 aromatic rings. The van der Waals surface area contributed by atoms with E-state index in [1.54, 1.807) is 18.2 Å². The number of nitrogens with zero attached hydrogens (tertiary/aromatic N) is 1. The van der Waals surface area contributed by atoms with E-state index in [0.29, 0.717) is 17.0 Å². The summed E-state index contributed by atoms with van der Waals surface area (Å²) >= 11 is 1.32. The van der Waals surface area contributed by atoms with Crippen molar-refractivity contribution < 1.29 is 14.7 Å². The van der Waals surface area contributed by atoms with Crippen molar-refractivity contribution in [1.82, 2.24) is 0 Å². The highest BCUT2D eigenvalue weighted by Crippen LogP contribution is 2.33. The van der Waals surface area contributed by atoms with Gasteiger partial charge in [0, 0.05) is 12.1 Å². The van der Waals surface area contributed by atoms with Crippen molar-refractivity contribution >= 4 is 28.9 Å². The number of thiophene rings is 1. The Bertz CT molecular complexity index is 636. The number of benzene rings is 1. The van der Waals surface area contributed by atoms with Gasteiger partial charge >= 0.3 is 5.97 Å². The Morgan fingerprint density at radius 1 is 1.21 bits per heavy atom. The number of rotatable bonds is 2. The molecule has 0 saturated heterocycles. The Hall–Kier alpha value is -2.14. The zero-order valence-electron chi connectivity index (χ0n) is 9.95. The summed E-state index contributed by atoms with van der Waals surface area (Å²) in [4.78, 5) is 25.8. The van der Waals surface area contributed by atoms with Crippen molar-refractivity contribution in [3.63, 3.8) is 0 Å². The average molecular weight is 273 g/mol. The first-order chi connectivity index (χ1) is 9.18. The number of anilines is 1. The summed E-state index contributed by atoms with van der Waals surface area (Å²) < 4.78 is 0. The van der Waals surface area contributed by atoms with Crippen molar-refractivity contribution in [2.45, 2.75) is 12.5 Å². The van der Waals surface area contributed by atoms with Crippen LogP contribution in [0.3, 0.4) is 0 Å². The van der Waals surface area contributed by atoms with Crippen LogP contribution in [0.4, 0.5) is 5.69 Å². The highest BCUT2D eigenvalue weighted by molar-refractivity contribution is 7.12. The molecule has 0 saturated carbocycles. The molecule has 5 heteroatoms. The maximum atomic E-state index is 12.5. The predicted octanol–water partition coefficient (Wildman–Crippen LogP) is 2.40. The standard InChI is InChI=1S/C14H11NO3S/c16-13(12-6-3-7-19-12)15-10-5-2-1-4-9(10)8-11(15)14(17)18/h1-7,11H,8H2,(H,17,18)/t11-/m0/s1. The molecule has 1 aliphatic rings. The third-order valence-corrected chi connectivity index (χ3v) is 4.07. The van der Waals surface area contributed by atoms with E-state index in [2.05, 4.69) is 0 Å². The van der Waals surface area contributed by atoms with Crippen molar-refractivity contribution in [2.75, 3.05) is 4.90 Å². The summed E-state index contributed by atoms with van der Waals surface area (Å²) in [5, 5.41) is 11.1. The van der Waals surface area contributed by atoms with Gasteiger partial charge in [0.1, 0.15) is 6.04 Å². The molecule has 19 heavy (non-hydrogen) atoms. The number of aliphatic carboxylic acids is 1. The van der Waals surface area contributed by atoms with Gasteiger partial charge in [-0.15, -0.1) is 11.3 Å². The third-order valence-electron chi connectivity index (χ3n) is 3.21. The number of hydrogen-bond acceptors (Lipinski definition) is 3. The van der Waals surface area contributed by atoms with Gasteiger partial charge in [0.15, 0.2) is 0 Å². The predicted molar refractivity (Wildman–Crippen MR) is 72.7 cm³/mol. The number of carboxylic acids is 1. The molecule has 1 aromatic carbocycles. The van der Waals surface area contributed by atoms with Crippen LogP contribution in [-0.4, -0.2) is 23.0 Å². The number of fused-ring (bicyclic) bond motifs is 1. The lowest BCUT2D eigenvalue weighted by Gasteiger charge is -2.21. The SMILES string of the molecule is O=C(O)[C@@H]1Cc2ccccc2N1C(=O)c1cccs1. The topological polar surface area (TPSA) is 57.6 Å². The fourth-order valence-corrected chi connectivity index (χ4v) is 3.01. The molecule has 0 bridgehead atoms. The van der Waals surface area contributed by atoms with E-state index in [1.165, 1.54) is 16.2 Å². The van der Waals surface area contributed by atoms with Gasteiger partial charge in [0.25, 0.3) is 5.91 Å². The number of carbonyl (C=O) groups is 2. The van der Waals surface area contributed by atoms with Crippen molar-refractivity contribution in [3.05, 3.63) is 52.2 Å². The summed E-state index contributed by atoms with van der Waals surface area (Å²) in [5.74, 6) is -1.21. The maximum Gasteiger partial charge on any atom is 0.327 e. The second-order valence-corrected chi connectivity index (χ2v) is 5.29. The smallest absolute Gasteiger partial charge is 0.327 e. The van der Waals surface area contributed by atoms with E-state index in [0.717, 1.165) is 5.56 Å². The first-order valence-electron chi connectivity index (χ1n) is 5.86. The fraction of sp³-hybridized carbons (Fsp3) is 0.143. The van der Waals surface area contributed by atoms with E-state index < -0.39 is 12.0 Å². The van der Waals surface area contributed by atoms with Crippen LogP contribution in [0.15, 0.2) is 41.8 Å². The summed E-state index contributed by atoms with van der Waals surface area (Å²) in [6, 6.07) is 10.0. The second kappa shape index (κ2) is 4.51. The number of para-hydroxylation sites is 1. The van der Waals surface area contributed by atoms with E-state index in [1.807, 2.05) is 23.6 Å². The van der Waals surface area contributed by atoms with Crippen LogP contribution in [0.2, 0.25) is 0 Å². The van der Waals surface area contributed by atoms with Crippen LogP contribution < -0.4 is 4.90 Å². The van der Waals surface area contributed by atoms with Crippen LogP contribution in [0.25, 0.3) is 0 Å². The lowest BCUT2D eigenvalue weighted by molar-refractivity contribution is -0.138. The van der Waals surface area contributed by atoms with Gasteiger partial charge in [0.05, 0.1) is 4.88 Å². The minimum absolute atomic E-state index is 0.243. The lowest BCUT2D eigenvalue weighted by Crippen LogP contribution is -2.42. The highest BCUT2D eigenvalue weighted by atomic mass is 32.1. The Morgan fingerprint density at radius 2 is 2.00 bits per heavy atom. The van der Waals surface area contributed by atoms with Crippen LogP contribution in [0, 0.1) is 0 Å². The molecule has 0 radical (unpaired) electrons. The normalized spacial score (nSPS) is 17.3. The van der Waals surface area contributed by atoms with Gasteiger partial charge < -0.3 is 5.11 Å². The first kappa shape index (κ1) is 11.9. The molecule has 2 heterocycles. The van der Waals surface area contributed by atoms with Gasteiger partial charge in [-0.05, 0) is 23.1 Å². The van der Waals surface area contributed by atoms with Crippen LogP contribution >= 0.6 is 11.3 Å². The van der Waals surface area contributed by atoms with Crippen LogP contribution in [0.5, 0.6) is 0 Å². The van der Waals surface area contributed by atoms with Gasteiger partial charge in [-0.1, -0.05) is 24.3 Å². The monoisotopic (exact) mass is 273 g/mol. The van der Waals surface area contributed by atoms with Gasteiger partial charge in [-0.3, -0.25) is 9.69 Å². The Balaban J connectivity index is 2.05. The highest BCUT2D eigenvalue weighted by Gasteiger charge is 2.38. The molecule has 0 aliphatic carbocycles. The summed E-state index contributed by atoms with van der Waals surface area (Å²) in [5.41, 5.74) is 1.60. The van der Waals surface area contributed by atoms with Crippen molar-refractivity contribution in [3.8, 4) is 0 Å². The molecule has 1 aromatic heterocycles. The molecule has 0 unspecified atom stereocenters. The first-order valence-corrected chi connectivity index (χ1v) is 6.74. The molecule has 3 rings (SSSR count). The minimum atomic E-state index is -0.971. The number of hydrogen-bond donors (Lipinski definition) is 1. The molecular weight excluding hydrogens is 262 g/mol. The molecule has 1 aliphatic heterocycles. The number of amides is 1. The summed E-state index contributed by atoms with van der Waals surface area (Å²) in [6.07, 6.45) is 0.364. The molecule has 96 valence electrons. The fourth-order valence-electron chi connectivity index (χ4n) is 2.35. The number of carboxylic acid groups (broad SMARTS) is 1. The largest absolute Gasteiger partial charge is 0.480 e. The molecule has 0 spiro atoms. The molecule has 4 nitrogen and oxygen atoms in total. The zero-order valence-corrected chi connectivity index (χ0v) is 10.8. The van der Waals surface area contributed by atoms with E-state index in [4.69, 9.17) is 0 Å². The molecule has 1 atom stereocenters. The van der Waals surface area contributed by atoms with E-state index in [-0.39, 0.29) is 5.91 Å². The Kier molecular flexibility index (Phi) is 2.83. The number of carbonyl (C=O) groups excluding carboxylic acids is 1. The maximum absolute atomic E-state index is 12.5. The second-order valence-electron chi connectivity index (χ2n) is 4.34. The van der Waals surface area contributed by atoms with Gasteiger partial charge in [-0.2, -0.15) is 0 Å². The minimum Gasteiger partial charge on any atom is -0.480 e. The van der Waals surface area contributed by atoms with Gasteiger partial charge in [-0.25, -0.2) is 4.79 Å². The third kappa shape index (κ3) is 1.92. The van der Waals surface area contributed by atoms with E-state index in [9.17, 15) is 14.7 Å². The van der Waals surface area contributed by atoms with E-state index >= 15 is 0 Å². The van der Waals surface area contributed by atoms with Crippen molar-refractivity contribution in [1.29, 1.82) is 0 Å². The van der Waals surface area contributed by atoms with Crippen LogP contribution in [-0.2, 0) is 11.2 Å². The van der Waals surface area contributed by atoms with Crippen molar-refractivity contribution in [2.24, 2.45) is 0 Å². The molecular formula is C14H11NO3S. The zero-order chi connectivity index (χ0) is 13.4.